The topological polar surface area (TPSA) is 41.8 Å². The maximum Gasteiger partial charge on any atom is 0.144 e. The number of fused-ring (bicyclic) bond motifs is 1. The van der Waals surface area contributed by atoms with E-state index in [0.717, 1.165) is 22.2 Å². The van der Waals surface area contributed by atoms with Crippen molar-refractivity contribution in [1.29, 1.82) is 0 Å². The third-order valence-electron chi connectivity index (χ3n) is 3.45. The van der Waals surface area contributed by atoms with E-state index in [1.807, 2.05) is 61.5 Å². The van der Waals surface area contributed by atoms with Gasteiger partial charge in [0.1, 0.15) is 17.2 Å². The van der Waals surface area contributed by atoms with E-state index in [1.54, 1.807) is 12.3 Å². The molecule has 0 aliphatic carbocycles. The highest BCUT2D eigenvalue weighted by molar-refractivity contribution is 6.03. The van der Waals surface area contributed by atoms with Crippen LogP contribution < -0.4 is 4.74 Å². The number of phenols is 1. The molecule has 0 unspecified atom stereocenters. The van der Waals surface area contributed by atoms with Crippen LogP contribution in [0.3, 0.4) is 0 Å². The fourth-order valence-electron chi connectivity index (χ4n) is 2.40. The summed E-state index contributed by atoms with van der Waals surface area (Å²) in [6, 6.07) is 19.1. The Bertz CT molecular complexity index is 825. The molecule has 0 amide bonds. The molecule has 0 radical (unpaired) electrons. The number of ether oxygens (including phenoxy) is 1. The highest BCUT2D eigenvalue weighted by Crippen LogP contribution is 2.29. The zero-order valence-electron chi connectivity index (χ0n) is 12.4. The molecule has 3 heteroatoms. The van der Waals surface area contributed by atoms with Crippen LogP contribution in [0.2, 0.25) is 0 Å². The van der Waals surface area contributed by atoms with Crippen LogP contribution in [0.15, 0.2) is 65.7 Å². The van der Waals surface area contributed by atoms with Crippen LogP contribution >= 0.6 is 0 Å². The van der Waals surface area contributed by atoms with Gasteiger partial charge in [0, 0.05) is 11.8 Å². The number of nitrogens with zero attached hydrogens (tertiary/aromatic N) is 1. The molecule has 0 aromatic heterocycles. The minimum absolute atomic E-state index is 0.219. The van der Waals surface area contributed by atoms with E-state index in [9.17, 15) is 5.11 Å². The monoisotopic (exact) mass is 291 g/mol. The van der Waals surface area contributed by atoms with Crippen LogP contribution in [0, 0.1) is 0 Å². The minimum Gasteiger partial charge on any atom is -0.507 e. The normalized spacial score (nSPS) is 11.1. The third kappa shape index (κ3) is 2.79. The molecular weight excluding hydrogens is 274 g/mol. The van der Waals surface area contributed by atoms with E-state index < -0.39 is 0 Å². The van der Waals surface area contributed by atoms with E-state index in [-0.39, 0.29) is 5.75 Å². The van der Waals surface area contributed by atoms with Crippen molar-refractivity contribution in [2.45, 2.75) is 6.92 Å². The Morgan fingerprint density at radius 3 is 2.64 bits per heavy atom. The number of aromatic hydroxyl groups is 1. The summed E-state index contributed by atoms with van der Waals surface area (Å²) in [5, 5.41) is 12.2. The van der Waals surface area contributed by atoms with Crippen molar-refractivity contribution >= 4 is 22.7 Å². The predicted octanol–water partition coefficient (Wildman–Crippen LogP) is 4.69. The summed E-state index contributed by atoms with van der Waals surface area (Å²) >= 11 is 0. The van der Waals surface area contributed by atoms with E-state index in [4.69, 9.17) is 4.74 Å². The molecule has 3 rings (SSSR count). The van der Waals surface area contributed by atoms with Crippen LogP contribution in [0.1, 0.15) is 12.5 Å². The van der Waals surface area contributed by atoms with Crippen molar-refractivity contribution in [2.75, 3.05) is 6.61 Å². The lowest BCUT2D eigenvalue weighted by Gasteiger charge is -2.07. The number of hydrogen-bond acceptors (Lipinski definition) is 3. The molecule has 110 valence electrons. The molecular formula is C19H17NO2. The van der Waals surface area contributed by atoms with Gasteiger partial charge in [-0.05, 0) is 35.9 Å². The molecule has 0 bridgehead atoms. The quantitative estimate of drug-likeness (QED) is 0.708. The Hall–Kier alpha value is -2.81. The maximum absolute atomic E-state index is 10.1. The molecule has 0 saturated heterocycles. The molecule has 3 nitrogen and oxygen atoms in total. The van der Waals surface area contributed by atoms with Gasteiger partial charge in [-0.3, -0.25) is 4.99 Å². The molecule has 1 N–H and O–H groups in total. The molecule has 0 spiro atoms. The van der Waals surface area contributed by atoms with E-state index in [1.165, 1.54) is 0 Å². The second-order valence-electron chi connectivity index (χ2n) is 4.88. The highest BCUT2D eigenvalue weighted by atomic mass is 16.5. The van der Waals surface area contributed by atoms with Crippen LogP contribution in [0.25, 0.3) is 10.8 Å². The molecule has 22 heavy (non-hydrogen) atoms. The van der Waals surface area contributed by atoms with Crippen molar-refractivity contribution in [3.63, 3.8) is 0 Å². The number of rotatable bonds is 4. The molecule has 0 fully saturated rings. The number of hydrogen-bond donors (Lipinski definition) is 1. The first-order valence-electron chi connectivity index (χ1n) is 7.26. The number of para-hydroxylation sites is 2. The Morgan fingerprint density at radius 2 is 1.77 bits per heavy atom. The zero-order valence-corrected chi connectivity index (χ0v) is 12.4. The SMILES string of the molecule is CCOc1ccccc1N=Cc1c(O)ccc2ccccc12. The summed E-state index contributed by atoms with van der Waals surface area (Å²) in [6.07, 6.45) is 1.69. The van der Waals surface area contributed by atoms with Crippen molar-refractivity contribution < 1.29 is 9.84 Å². The predicted molar refractivity (Wildman–Crippen MR) is 90.5 cm³/mol. The van der Waals surface area contributed by atoms with Gasteiger partial charge >= 0.3 is 0 Å². The molecule has 0 saturated carbocycles. The fourth-order valence-corrected chi connectivity index (χ4v) is 2.40. The average molecular weight is 291 g/mol. The zero-order chi connectivity index (χ0) is 15.4. The van der Waals surface area contributed by atoms with Gasteiger partial charge in [-0.15, -0.1) is 0 Å². The summed E-state index contributed by atoms with van der Waals surface area (Å²) in [6.45, 7) is 2.53. The van der Waals surface area contributed by atoms with E-state index in [2.05, 4.69) is 4.99 Å². The lowest BCUT2D eigenvalue weighted by Crippen LogP contribution is -1.91. The number of phenolic OH excluding ortho intramolecular Hbond substituents is 1. The smallest absolute Gasteiger partial charge is 0.144 e. The first-order chi connectivity index (χ1) is 10.8. The van der Waals surface area contributed by atoms with E-state index >= 15 is 0 Å². The molecule has 3 aromatic carbocycles. The van der Waals surface area contributed by atoms with Gasteiger partial charge in [-0.2, -0.15) is 0 Å². The lowest BCUT2D eigenvalue weighted by molar-refractivity contribution is 0.341. The van der Waals surface area contributed by atoms with Gasteiger partial charge in [-0.1, -0.05) is 42.5 Å². The summed E-state index contributed by atoms with van der Waals surface area (Å²) in [4.78, 5) is 4.50. The summed E-state index contributed by atoms with van der Waals surface area (Å²) in [5.74, 6) is 0.956. The maximum atomic E-state index is 10.1. The number of aliphatic imine (C=N–C) groups is 1. The Morgan fingerprint density at radius 1 is 1.00 bits per heavy atom. The first-order valence-corrected chi connectivity index (χ1v) is 7.26. The van der Waals surface area contributed by atoms with E-state index in [0.29, 0.717) is 12.2 Å². The highest BCUT2D eigenvalue weighted by Gasteiger charge is 2.05. The van der Waals surface area contributed by atoms with Gasteiger partial charge in [0.2, 0.25) is 0 Å². The largest absolute Gasteiger partial charge is 0.507 e. The lowest BCUT2D eigenvalue weighted by atomic mass is 10.0. The van der Waals surface area contributed by atoms with Gasteiger partial charge in [0.25, 0.3) is 0 Å². The second-order valence-corrected chi connectivity index (χ2v) is 4.88. The molecule has 0 heterocycles. The Kier molecular flexibility index (Phi) is 4.05. The van der Waals surface area contributed by atoms with Crippen molar-refractivity contribution in [1.82, 2.24) is 0 Å². The van der Waals surface area contributed by atoms with Gasteiger partial charge in [0.05, 0.1) is 6.61 Å². The van der Waals surface area contributed by atoms with Crippen LogP contribution in [-0.4, -0.2) is 17.9 Å². The summed E-state index contributed by atoms with van der Waals surface area (Å²) in [7, 11) is 0. The Labute approximate surface area is 129 Å². The van der Waals surface area contributed by atoms with Crippen LogP contribution in [0.4, 0.5) is 5.69 Å². The van der Waals surface area contributed by atoms with Crippen molar-refractivity contribution in [2.24, 2.45) is 4.99 Å². The van der Waals surface area contributed by atoms with Crippen molar-refractivity contribution in [3.8, 4) is 11.5 Å². The van der Waals surface area contributed by atoms with Crippen LogP contribution in [-0.2, 0) is 0 Å². The molecule has 0 atom stereocenters. The molecule has 0 aliphatic heterocycles. The minimum atomic E-state index is 0.219. The third-order valence-corrected chi connectivity index (χ3v) is 3.45. The first kappa shape index (κ1) is 14.1. The van der Waals surface area contributed by atoms with Crippen molar-refractivity contribution in [3.05, 3.63) is 66.2 Å². The van der Waals surface area contributed by atoms with Gasteiger partial charge in [-0.25, -0.2) is 0 Å². The summed E-state index contributed by atoms with van der Waals surface area (Å²) < 4.78 is 5.57. The molecule has 3 aromatic rings. The Balaban J connectivity index is 2.05. The standard InChI is InChI=1S/C19H17NO2/c1-2-22-19-10-6-5-9-17(19)20-13-16-15-8-4-3-7-14(15)11-12-18(16)21/h3-13,21H,2H2,1H3. The second kappa shape index (κ2) is 6.31. The average Bonchev–Trinajstić information content (AvgIpc) is 2.55. The number of benzene rings is 3. The molecule has 0 aliphatic rings. The van der Waals surface area contributed by atoms with Gasteiger partial charge < -0.3 is 9.84 Å². The van der Waals surface area contributed by atoms with Crippen LogP contribution in [0.5, 0.6) is 11.5 Å². The summed E-state index contributed by atoms with van der Waals surface area (Å²) in [5.41, 5.74) is 1.46. The fraction of sp³-hybridized carbons (Fsp3) is 0.105. The van der Waals surface area contributed by atoms with Gasteiger partial charge in [0.15, 0.2) is 0 Å².